The first-order chi connectivity index (χ1) is 12.5. The molecule has 2 heterocycles. The third kappa shape index (κ3) is 3.58. The fourth-order valence-corrected chi connectivity index (χ4v) is 3.63. The average Bonchev–Trinajstić information content (AvgIpc) is 2.96. The number of hydrogen-bond donors (Lipinski definition) is 0. The molecule has 0 spiro atoms. The van der Waals surface area contributed by atoms with Crippen molar-refractivity contribution in [3.8, 4) is 5.75 Å². The molecule has 2 fully saturated rings. The first-order valence-corrected chi connectivity index (χ1v) is 8.96. The lowest BCUT2D eigenvalue weighted by molar-refractivity contribution is -0.149. The van der Waals surface area contributed by atoms with Gasteiger partial charge in [0.25, 0.3) is 5.91 Å². The van der Waals surface area contributed by atoms with Crippen LogP contribution in [0.2, 0.25) is 0 Å². The van der Waals surface area contributed by atoms with Gasteiger partial charge in [-0.2, -0.15) is 0 Å². The van der Waals surface area contributed by atoms with Gasteiger partial charge < -0.3 is 9.47 Å². The van der Waals surface area contributed by atoms with Gasteiger partial charge in [0.15, 0.2) is 0 Å². The van der Waals surface area contributed by atoms with Crippen molar-refractivity contribution < 1.29 is 23.9 Å². The number of ether oxygens (including phenoxy) is 2. The zero-order chi connectivity index (χ0) is 18.7. The minimum absolute atomic E-state index is 0.118. The monoisotopic (exact) mass is 360 g/mol. The molecule has 140 valence electrons. The van der Waals surface area contributed by atoms with Crippen molar-refractivity contribution in [1.29, 1.82) is 0 Å². The number of esters is 1. The number of rotatable bonds is 5. The van der Waals surface area contributed by atoms with Gasteiger partial charge in [-0.1, -0.05) is 6.07 Å². The fourth-order valence-electron chi connectivity index (χ4n) is 3.63. The second kappa shape index (κ2) is 7.86. The van der Waals surface area contributed by atoms with Gasteiger partial charge in [-0.25, -0.2) is 4.90 Å². The second-order valence-corrected chi connectivity index (χ2v) is 6.55. The summed E-state index contributed by atoms with van der Waals surface area (Å²) < 4.78 is 10.3. The predicted octanol–water partition coefficient (Wildman–Crippen LogP) is 1.60. The lowest BCUT2D eigenvalue weighted by Crippen LogP contribution is -2.47. The molecular formula is C19H24N2O5. The van der Waals surface area contributed by atoms with Crippen LogP contribution in [0.5, 0.6) is 5.75 Å². The third-order valence-corrected chi connectivity index (χ3v) is 5.02. The summed E-state index contributed by atoms with van der Waals surface area (Å²) in [5, 5.41) is 0. The summed E-state index contributed by atoms with van der Waals surface area (Å²) in [7, 11) is 1.54. The van der Waals surface area contributed by atoms with Crippen LogP contribution in [0.3, 0.4) is 0 Å². The molecule has 0 saturated carbocycles. The van der Waals surface area contributed by atoms with Crippen LogP contribution in [0, 0.1) is 5.92 Å². The van der Waals surface area contributed by atoms with Gasteiger partial charge >= 0.3 is 5.97 Å². The molecule has 2 aliphatic heterocycles. The SMILES string of the molecule is CCOC(=O)C1CCN([C@@H]2CC(=O)N(c3cccc(OC)c3)C2=O)CC1. The van der Waals surface area contributed by atoms with E-state index in [1.54, 1.807) is 38.3 Å². The number of likely N-dealkylation sites (tertiary alicyclic amines) is 1. The molecule has 0 radical (unpaired) electrons. The number of imide groups is 1. The molecule has 7 heteroatoms. The lowest BCUT2D eigenvalue weighted by Gasteiger charge is -2.33. The first-order valence-electron chi connectivity index (χ1n) is 8.96. The van der Waals surface area contributed by atoms with E-state index in [4.69, 9.17) is 9.47 Å². The summed E-state index contributed by atoms with van der Waals surface area (Å²) in [5.74, 6) is -0.104. The molecule has 2 saturated heterocycles. The van der Waals surface area contributed by atoms with E-state index in [0.29, 0.717) is 44.0 Å². The van der Waals surface area contributed by atoms with Crippen molar-refractivity contribution in [1.82, 2.24) is 4.90 Å². The van der Waals surface area contributed by atoms with E-state index in [2.05, 4.69) is 0 Å². The number of hydrogen-bond acceptors (Lipinski definition) is 6. The molecule has 26 heavy (non-hydrogen) atoms. The van der Waals surface area contributed by atoms with Crippen LogP contribution >= 0.6 is 0 Å². The second-order valence-electron chi connectivity index (χ2n) is 6.55. The summed E-state index contributed by atoms with van der Waals surface area (Å²) in [6.45, 7) is 3.39. The molecule has 1 aromatic rings. The Bertz CT molecular complexity index is 697. The Morgan fingerprint density at radius 1 is 1.23 bits per heavy atom. The van der Waals surface area contributed by atoms with Crippen molar-refractivity contribution in [2.24, 2.45) is 5.92 Å². The van der Waals surface area contributed by atoms with Gasteiger partial charge in [0.2, 0.25) is 5.91 Å². The smallest absolute Gasteiger partial charge is 0.309 e. The first kappa shape index (κ1) is 18.4. The summed E-state index contributed by atoms with van der Waals surface area (Å²) in [5.41, 5.74) is 0.531. The average molecular weight is 360 g/mol. The predicted molar refractivity (Wildman–Crippen MR) is 94.8 cm³/mol. The highest BCUT2D eigenvalue weighted by atomic mass is 16.5. The van der Waals surface area contributed by atoms with Crippen molar-refractivity contribution in [3.63, 3.8) is 0 Å². The van der Waals surface area contributed by atoms with Crippen molar-refractivity contribution in [2.75, 3.05) is 31.7 Å². The number of methoxy groups -OCH3 is 1. The zero-order valence-electron chi connectivity index (χ0n) is 15.1. The number of benzene rings is 1. The highest BCUT2D eigenvalue weighted by Crippen LogP contribution is 2.30. The van der Waals surface area contributed by atoms with Crippen molar-refractivity contribution in [3.05, 3.63) is 24.3 Å². The topological polar surface area (TPSA) is 76.2 Å². The largest absolute Gasteiger partial charge is 0.497 e. The number of carbonyl (C=O) groups is 3. The van der Waals surface area contributed by atoms with Gasteiger partial charge in [0.05, 0.1) is 37.8 Å². The summed E-state index contributed by atoms with van der Waals surface area (Å²) in [6, 6.07) is 6.48. The highest BCUT2D eigenvalue weighted by Gasteiger charge is 2.44. The molecule has 2 amide bonds. The lowest BCUT2D eigenvalue weighted by atomic mass is 9.95. The van der Waals surface area contributed by atoms with Crippen molar-refractivity contribution >= 4 is 23.5 Å². The van der Waals surface area contributed by atoms with Gasteiger partial charge in [-0.05, 0) is 45.0 Å². The maximum Gasteiger partial charge on any atom is 0.309 e. The Hall–Kier alpha value is -2.41. The minimum Gasteiger partial charge on any atom is -0.497 e. The Morgan fingerprint density at radius 2 is 1.96 bits per heavy atom. The van der Waals surface area contributed by atoms with Gasteiger partial charge in [-0.3, -0.25) is 19.3 Å². The molecule has 2 aliphatic rings. The number of nitrogens with zero attached hydrogens (tertiary/aromatic N) is 2. The van der Waals surface area contributed by atoms with Gasteiger partial charge in [0, 0.05) is 6.07 Å². The van der Waals surface area contributed by atoms with Crippen LogP contribution in [0.25, 0.3) is 0 Å². The van der Waals surface area contributed by atoms with Crippen LogP contribution < -0.4 is 9.64 Å². The Morgan fingerprint density at radius 3 is 2.62 bits per heavy atom. The van der Waals surface area contributed by atoms with Crippen LogP contribution in [-0.2, 0) is 19.1 Å². The Kier molecular flexibility index (Phi) is 5.56. The zero-order valence-corrected chi connectivity index (χ0v) is 15.1. The van der Waals surface area contributed by atoms with E-state index in [-0.39, 0.29) is 30.1 Å². The molecular weight excluding hydrogens is 336 g/mol. The van der Waals surface area contributed by atoms with E-state index in [9.17, 15) is 14.4 Å². The van der Waals surface area contributed by atoms with Crippen LogP contribution in [0.4, 0.5) is 5.69 Å². The summed E-state index contributed by atoms with van der Waals surface area (Å²) in [6.07, 6.45) is 1.46. The molecule has 1 atom stereocenters. The maximum absolute atomic E-state index is 12.9. The molecule has 0 unspecified atom stereocenters. The van der Waals surface area contributed by atoms with E-state index >= 15 is 0 Å². The number of carbonyl (C=O) groups excluding carboxylic acids is 3. The molecule has 3 rings (SSSR count). The quantitative estimate of drug-likeness (QED) is 0.586. The normalized spacial score (nSPS) is 21.9. The number of piperidine rings is 1. The van der Waals surface area contributed by atoms with E-state index in [0.717, 1.165) is 0 Å². The number of amides is 2. The Labute approximate surface area is 152 Å². The summed E-state index contributed by atoms with van der Waals surface area (Å²) >= 11 is 0. The van der Waals surface area contributed by atoms with E-state index in [1.807, 2.05) is 4.90 Å². The fraction of sp³-hybridized carbons (Fsp3) is 0.526. The van der Waals surface area contributed by atoms with Crippen molar-refractivity contribution in [2.45, 2.75) is 32.2 Å². The van der Waals surface area contributed by atoms with Crippen LogP contribution in [-0.4, -0.2) is 55.5 Å². The van der Waals surface area contributed by atoms with Crippen LogP contribution in [0.1, 0.15) is 26.2 Å². The maximum atomic E-state index is 12.9. The van der Waals surface area contributed by atoms with E-state index in [1.165, 1.54) is 4.90 Å². The molecule has 7 nitrogen and oxygen atoms in total. The highest BCUT2D eigenvalue weighted by molar-refractivity contribution is 6.22. The molecule has 0 aromatic heterocycles. The molecule has 0 bridgehead atoms. The van der Waals surface area contributed by atoms with Crippen LogP contribution in [0.15, 0.2) is 24.3 Å². The van der Waals surface area contributed by atoms with E-state index < -0.39 is 6.04 Å². The Balaban J connectivity index is 1.67. The third-order valence-electron chi connectivity index (χ3n) is 5.02. The molecule has 1 aromatic carbocycles. The minimum atomic E-state index is -0.461. The van der Waals surface area contributed by atoms with Gasteiger partial charge in [-0.15, -0.1) is 0 Å². The standard InChI is InChI=1S/C19H24N2O5/c1-3-26-19(24)13-7-9-20(10-8-13)16-12-17(22)21(18(16)23)14-5-4-6-15(11-14)25-2/h4-6,11,13,16H,3,7-10,12H2,1-2H3/t16-/m1/s1. The molecule has 0 aliphatic carbocycles. The molecule has 0 N–H and O–H groups in total. The van der Waals surface area contributed by atoms with Gasteiger partial charge in [0.1, 0.15) is 5.75 Å². The summed E-state index contributed by atoms with van der Waals surface area (Å²) in [4.78, 5) is 40.4. The number of anilines is 1.